The number of para-hydroxylation sites is 1. The maximum Gasteiger partial charge on any atom is 0.134 e. The van der Waals surface area contributed by atoms with Crippen molar-refractivity contribution in [2.24, 2.45) is 0 Å². The largest absolute Gasteiger partial charge is 0.496 e. The Morgan fingerprint density at radius 2 is 2.15 bits per heavy atom. The van der Waals surface area contributed by atoms with Gasteiger partial charge in [-0.1, -0.05) is 18.2 Å². The molecule has 1 atom stereocenters. The number of anilines is 1. The van der Waals surface area contributed by atoms with Crippen LogP contribution < -0.4 is 15.2 Å². The van der Waals surface area contributed by atoms with Gasteiger partial charge in [-0.05, 0) is 18.2 Å². The highest BCUT2D eigenvalue weighted by molar-refractivity contribution is 7.99. The lowest BCUT2D eigenvalue weighted by Gasteiger charge is -2.11. The minimum atomic E-state index is 0.429. The minimum Gasteiger partial charge on any atom is -0.496 e. The van der Waals surface area contributed by atoms with Crippen LogP contribution in [0.5, 0.6) is 11.5 Å². The zero-order valence-corrected chi connectivity index (χ0v) is 12.2. The molecule has 4 heteroatoms. The summed E-state index contributed by atoms with van der Waals surface area (Å²) in [6, 6.07) is 14.0. The number of hydrogen-bond donors (Lipinski definition) is 1. The van der Waals surface area contributed by atoms with E-state index in [4.69, 9.17) is 15.2 Å². The molecular weight excluding hydrogens is 270 g/mol. The standard InChI is InChI=1S/C16H17NO2S/c1-18-15-8-12(17)6-7-16(15)20-10-11-9-19-14-5-3-2-4-13(11)14/h2-8,11H,9-10,17H2,1H3. The van der Waals surface area contributed by atoms with Gasteiger partial charge in [-0.2, -0.15) is 0 Å². The Labute approximate surface area is 123 Å². The van der Waals surface area contributed by atoms with Crippen molar-refractivity contribution in [3.8, 4) is 11.5 Å². The van der Waals surface area contributed by atoms with E-state index in [-0.39, 0.29) is 0 Å². The molecule has 0 saturated carbocycles. The average molecular weight is 287 g/mol. The number of methoxy groups -OCH3 is 1. The molecule has 1 aliphatic rings. The molecule has 2 aromatic carbocycles. The van der Waals surface area contributed by atoms with Crippen LogP contribution in [0.25, 0.3) is 0 Å². The number of rotatable bonds is 4. The van der Waals surface area contributed by atoms with Gasteiger partial charge in [0.2, 0.25) is 0 Å². The van der Waals surface area contributed by atoms with Gasteiger partial charge >= 0.3 is 0 Å². The van der Waals surface area contributed by atoms with Gasteiger partial charge in [-0.3, -0.25) is 0 Å². The molecule has 0 aliphatic carbocycles. The highest BCUT2D eigenvalue weighted by Gasteiger charge is 2.23. The van der Waals surface area contributed by atoms with E-state index in [1.807, 2.05) is 30.3 Å². The first-order valence-corrected chi connectivity index (χ1v) is 7.54. The molecule has 0 aromatic heterocycles. The lowest BCUT2D eigenvalue weighted by Crippen LogP contribution is -2.03. The Balaban J connectivity index is 1.72. The van der Waals surface area contributed by atoms with E-state index < -0.39 is 0 Å². The summed E-state index contributed by atoms with van der Waals surface area (Å²) in [6.07, 6.45) is 0. The fourth-order valence-corrected chi connectivity index (χ4v) is 3.47. The van der Waals surface area contributed by atoms with E-state index in [0.717, 1.165) is 34.4 Å². The van der Waals surface area contributed by atoms with Gasteiger partial charge in [0.1, 0.15) is 11.5 Å². The number of nitrogens with two attached hydrogens (primary N) is 1. The summed E-state index contributed by atoms with van der Waals surface area (Å²) in [5.41, 5.74) is 7.80. The van der Waals surface area contributed by atoms with Gasteiger partial charge in [0.25, 0.3) is 0 Å². The molecule has 0 saturated heterocycles. The Bertz CT molecular complexity index is 615. The SMILES string of the molecule is COc1cc(N)ccc1SCC1COc2ccccc21. The third kappa shape index (κ3) is 2.56. The first-order valence-electron chi connectivity index (χ1n) is 6.56. The summed E-state index contributed by atoms with van der Waals surface area (Å²) < 4.78 is 11.1. The van der Waals surface area contributed by atoms with Crippen molar-refractivity contribution in [1.82, 2.24) is 0 Å². The topological polar surface area (TPSA) is 44.5 Å². The molecule has 3 nitrogen and oxygen atoms in total. The highest BCUT2D eigenvalue weighted by Crippen LogP contribution is 2.39. The maximum atomic E-state index is 5.78. The van der Waals surface area contributed by atoms with Crippen molar-refractivity contribution >= 4 is 17.4 Å². The maximum absolute atomic E-state index is 5.78. The zero-order valence-electron chi connectivity index (χ0n) is 11.3. The second-order valence-corrected chi connectivity index (χ2v) is 5.83. The second-order valence-electron chi connectivity index (χ2n) is 4.77. The van der Waals surface area contributed by atoms with Crippen LogP contribution in [0.1, 0.15) is 11.5 Å². The first-order chi connectivity index (χ1) is 9.78. The molecule has 20 heavy (non-hydrogen) atoms. The van der Waals surface area contributed by atoms with Crippen LogP contribution in [0.4, 0.5) is 5.69 Å². The molecule has 1 unspecified atom stereocenters. The van der Waals surface area contributed by atoms with E-state index in [1.54, 1.807) is 18.9 Å². The molecule has 3 rings (SSSR count). The molecule has 2 N–H and O–H groups in total. The molecule has 1 heterocycles. The van der Waals surface area contributed by atoms with Crippen molar-refractivity contribution in [3.63, 3.8) is 0 Å². The van der Waals surface area contributed by atoms with Crippen molar-refractivity contribution in [2.75, 3.05) is 25.2 Å². The smallest absolute Gasteiger partial charge is 0.134 e. The van der Waals surface area contributed by atoms with Gasteiger partial charge in [0, 0.05) is 33.9 Å². The molecule has 0 fully saturated rings. The van der Waals surface area contributed by atoms with Crippen LogP contribution in [0.3, 0.4) is 0 Å². The number of nitrogen functional groups attached to an aromatic ring is 1. The van der Waals surface area contributed by atoms with E-state index >= 15 is 0 Å². The number of hydrogen-bond acceptors (Lipinski definition) is 4. The van der Waals surface area contributed by atoms with Crippen LogP contribution >= 0.6 is 11.8 Å². The van der Waals surface area contributed by atoms with Crippen LogP contribution in [-0.2, 0) is 0 Å². The zero-order chi connectivity index (χ0) is 13.9. The first kappa shape index (κ1) is 13.2. The second kappa shape index (κ2) is 5.67. The Morgan fingerprint density at radius 1 is 1.30 bits per heavy atom. The number of fused-ring (bicyclic) bond motifs is 1. The fourth-order valence-electron chi connectivity index (χ4n) is 2.36. The van der Waals surface area contributed by atoms with Crippen molar-refractivity contribution in [1.29, 1.82) is 0 Å². The monoisotopic (exact) mass is 287 g/mol. The highest BCUT2D eigenvalue weighted by atomic mass is 32.2. The van der Waals surface area contributed by atoms with Crippen molar-refractivity contribution < 1.29 is 9.47 Å². The lowest BCUT2D eigenvalue weighted by molar-refractivity contribution is 0.338. The average Bonchev–Trinajstić information content (AvgIpc) is 2.89. The van der Waals surface area contributed by atoms with Gasteiger partial charge in [0.05, 0.1) is 13.7 Å². The molecule has 0 spiro atoms. The molecular formula is C16H17NO2S. The molecule has 0 bridgehead atoms. The third-order valence-corrected chi connectivity index (χ3v) is 4.64. The summed E-state index contributed by atoms with van der Waals surface area (Å²) >= 11 is 1.78. The number of thioether (sulfide) groups is 1. The van der Waals surface area contributed by atoms with Gasteiger partial charge in [-0.25, -0.2) is 0 Å². The molecule has 1 aliphatic heterocycles. The van der Waals surface area contributed by atoms with Crippen LogP contribution in [-0.4, -0.2) is 19.5 Å². The third-order valence-electron chi connectivity index (χ3n) is 3.43. The van der Waals surface area contributed by atoms with E-state index in [9.17, 15) is 0 Å². The van der Waals surface area contributed by atoms with Crippen LogP contribution in [0, 0.1) is 0 Å². The van der Waals surface area contributed by atoms with Gasteiger partial charge in [-0.15, -0.1) is 11.8 Å². The van der Waals surface area contributed by atoms with Crippen molar-refractivity contribution in [3.05, 3.63) is 48.0 Å². The fraction of sp³-hybridized carbons (Fsp3) is 0.250. The quantitative estimate of drug-likeness (QED) is 0.690. The van der Waals surface area contributed by atoms with Crippen LogP contribution in [0.2, 0.25) is 0 Å². The van der Waals surface area contributed by atoms with Gasteiger partial charge < -0.3 is 15.2 Å². The molecule has 104 valence electrons. The summed E-state index contributed by atoms with van der Waals surface area (Å²) in [7, 11) is 1.67. The van der Waals surface area contributed by atoms with Crippen LogP contribution in [0.15, 0.2) is 47.4 Å². The molecule has 0 radical (unpaired) electrons. The minimum absolute atomic E-state index is 0.429. The number of benzene rings is 2. The normalized spacial score (nSPS) is 16.6. The Morgan fingerprint density at radius 3 is 3.00 bits per heavy atom. The summed E-state index contributed by atoms with van der Waals surface area (Å²) in [5, 5.41) is 0. The Hall–Kier alpha value is -1.81. The van der Waals surface area contributed by atoms with Crippen molar-refractivity contribution in [2.45, 2.75) is 10.8 Å². The Kier molecular flexibility index (Phi) is 3.74. The molecule has 0 amide bonds. The van der Waals surface area contributed by atoms with Gasteiger partial charge in [0.15, 0.2) is 0 Å². The predicted molar refractivity (Wildman–Crippen MR) is 82.8 cm³/mol. The number of ether oxygens (including phenoxy) is 2. The lowest BCUT2D eigenvalue weighted by atomic mass is 10.0. The summed E-state index contributed by atoms with van der Waals surface area (Å²) in [4.78, 5) is 1.12. The van der Waals surface area contributed by atoms with E-state index in [2.05, 4.69) is 12.1 Å². The van der Waals surface area contributed by atoms with E-state index in [0.29, 0.717) is 5.92 Å². The summed E-state index contributed by atoms with van der Waals surface area (Å²) in [5.74, 6) is 3.25. The summed E-state index contributed by atoms with van der Waals surface area (Å²) in [6.45, 7) is 0.754. The molecule has 2 aromatic rings. The predicted octanol–water partition coefficient (Wildman–Crippen LogP) is 3.55. The van der Waals surface area contributed by atoms with E-state index in [1.165, 1.54) is 5.56 Å².